The molecule has 4 heteroatoms. The molecule has 5 atom stereocenters. The van der Waals surface area contributed by atoms with Crippen LogP contribution in [0.2, 0.25) is 0 Å². The maximum atomic E-state index is 14.1. The summed E-state index contributed by atoms with van der Waals surface area (Å²) in [5.74, 6) is -2.41. The van der Waals surface area contributed by atoms with Crippen molar-refractivity contribution in [2.45, 2.75) is 37.7 Å². The summed E-state index contributed by atoms with van der Waals surface area (Å²) >= 11 is 0. The van der Waals surface area contributed by atoms with Crippen LogP contribution in [0.1, 0.15) is 37.7 Å². The van der Waals surface area contributed by atoms with Crippen LogP contribution >= 0.6 is 0 Å². The molecule has 0 aromatic heterocycles. The van der Waals surface area contributed by atoms with Crippen molar-refractivity contribution in [1.29, 1.82) is 0 Å². The van der Waals surface area contributed by atoms with Crippen molar-refractivity contribution < 1.29 is 18.3 Å². The van der Waals surface area contributed by atoms with Crippen LogP contribution in [0, 0.1) is 41.1 Å². The predicted molar refractivity (Wildman–Crippen MR) is 67.3 cm³/mol. The largest absolute Gasteiger partial charge is 0.385 e. The number of aliphatic hydroxyl groups is 1. The zero-order valence-corrected chi connectivity index (χ0v) is 11.1. The van der Waals surface area contributed by atoms with Crippen molar-refractivity contribution in [3.63, 3.8) is 0 Å². The number of hydrogen-bond donors (Lipinski definition) is 1. The predicted octanol–water partition coefficient (Wildman–Crippen LogP) is 3.75. The van der Waals surface area contributed by atoms with E-state index < -0.39 is 23.1 Å². The molecular weight excluding hydrogens is 265 g/mol. The van der Waals surface area contributed by atoms with Gasteiger partial charge in [0.15, 0.2) is 17.5 Å². The molecule has 3 saturated carbocycles. The van der Waals surface area contributed by atoms with E-state index in [1.54, 1.807) is 0 Å². The van der Waals surface area contributed by atoms with Crippen LogP contribution in [0.25, 0.3) is 0 Å². The van der Waals surface area contributed by atoms with Crippen LogP contribution in [-0.2, 0) is 5.60 Å². The van der Waals surface area contributed by atoms with Crippen LogP contribution in [0.15, 0.2) is 12.1 Å². The highest BCUT2D eigenvalue weighted by molar-refractivity contribution is 5.31. The summed E-state index contributed by atoms with van der Waals surface area (Å²) in [6.45, 7) is 0. The van der Waals surface area contributed by atoms with Crippen molar-refractivity contribution in [2.24, 2.45) is 23.7 Å². The van der Waals surface area contributed by atoms with Crippen LogP contribution in [-0.4, -0.2) is 5.11 Å². The van der Waals surface area contributed by atoms with E-state index in [0.29, 0.717) is 24.2 Å². The highest BCUT2D eigenvalue weighted by Gasteiger charge is 2.61. The van der Waals surface area contributed by atoms with Gasteiger partial charge < -0.3 is 5.11 Å². The van der Waals surface area contributed by atoms with E-state index in [1.165, 1.54) is 18.9 Å². The molecule has 0 heterocycles. The van der Waals surface area contributed by atoms with Gasteiger partial charge in [-0.1, -0.05) is 12.5 Å². The van der Waals surface area contributed by atoms with Crippen molar-refractivity contribution in [1.82, 2.24) is 0 Å². The molecule has 1 aromatic carbocycles. The average molecular weight is 282 g/mol. The van der Waals surface area contributed by atoms with Crippen molar-refractivity contribution in [3.8, 4) is 0 Å². The third kappa shape index (κ3) is 1.43. The monoisotopic (exact) mass is 282 g/mol. The molecule has 0 saturated heterocycles. The van der Waals surface area contributed by atoms with Crippen molar-refractivity contribution in [3.05, 3.63) is 35.1 Å². The number of halogens is 3. The zero-order valence-electron chi connectivity index (χ0n) is 11.1. The third-order valence-corrected chi connectivity index (χ3v) is 5.99. The van der Waals surface area contributed by atoms with E-state index in [4.69, 9.17) is 0 Å². The Morgan fingerprint density at radius 3 is 2.60 bits per heavy atom. The number of hydrogen-bond acceptors (Lipinski definition) is 1. The highest BCUT2D eigenvalue weighted by atomic mass is 19.2. The first kappa shape index (κ1) is 12.7. The van der Waals surface area contributed by atoms with E-state index in [2.05, 4.69) is 0 Å². The molecule has 1 aromatic rings. The molecule has 108 valence electrons. The lowest BCUT2D eigenvalue weighted by Gasteiger charge is -2.39. The summed E-state index contributed by atoms with van der Waals surface area (Å²) in [6.07, 6.45) is 4.81. The van der Waals surface area contributed by atoms with Gasteiger partial charge in [-0.3, -0.25) is 0 Å². The molecule has 3 fully saturated rings. The molecule has 1 N–H and O–H groups in total. The van der Waals surface area contributed by atoms with Crippen LogP contribution in [0.4, 0.5) is 13.2 Å². The third-order valence-electron chi connectivity index (χ3n) is 5.99. The minimum Gasteiger partial charge on any atom is -0.385 e. The molecule has 0 radical (unpaired) electrons. The molecule has 20 heavy (non-hydrogen) atoms. The molecule has 0 aliphatic heterocycles. The Balaban J connectivity index is 1.78. The maximum absolute atomic E-state index is 14.1. The Morgan fingerprint density at radius 1 is 1.05 bits per heavy atom. The van der Waals surface area contributed by atoms with Gasteiger partial charge in [0.05, 0.1) is 5.60 Å². The zero-order chi connectivity index (χ0) is 14.1. The molecule has 0 amide bonds. The first-order valence-corrected chi connectivity index (χ1v) is 7.38. The Kier molecular flexibility index (Phi) is 2.54. The van der Waals surface area contributed by atoms with Crippen LogP contribution in [0.3, 0.4) is 0 Å². The van der Waals surface area contributed by atoms with Gasteiger partial charge in [-0.15, -0.1) is 0 Å². The molecule has 3 aliphatic rings. The molecule has 4 rings (SSSR count). The molecule has 3 aliphatic carbocycles. The lowest BCUT2D eigenvalue weighted by Crippen LogP contribution is -2.39. The van der Waals surface area contributed by atoms with Gasteiger partial charge in [-0.25, -0.2) is 13.2 Å². The lowest BCUT2D eigenvalue weighted by atomic mass is 9.70. The fraction of sp³-hybridized carbons (Fsp3) is 0.625. The lowest BCUT2D eigenvalue weighted by molar-refractivity contribution is -0.0542. The van der Waals surface area contributed by atoms with Gasteiger partial charge >= 0.3 is 0 Å². The Morgan fingerprint density at radius 2 is 1.80 bits per heavy atom. The van der Waals surface area contributed by atoms with Gasteiger partial charge in [0.2, 0.25) is 0 Å². The molecule has 1 nitrogen and oxygen atoms in total. The summed E-state index contributed by atoms with van der Waals surface area (Å²) in [4.78, 5) is 0. The summed E-state index contributed by atoms with van der Waals surface area (Å²) in [5, 5.41) is 11.0. The summed E-state index contributed by atoms with van der Waals surface area (Å²) in [6, 6.07) is 2.14. The van der Waals surface area contributed by atoms with Crippen molar-refractivity contribution >= 4 is 0 Å². The smallest absolute Gasteiger partial charge is 0.194 e. The summed E-state index contributed by atoms with van der Waals surface area (Å²) < 4.78 is 40.6. The van der Waals surface area contributed by atoms with Gasteiger partial charge in [0.1, 0.15) is 0 Å². The second-order valence-corrected chi connectivity index (χ2v) is 6.71. The van der Waals surface area contributed by atoms with E-state index >= 15 is 0 Å². The second-order valence-electron chi connectivity index (χ2n) is 6.71. The normalized spacial score (nSPS) is 42.2. The first-order chi connectivity index (χ1) is 9.52. The van der Waals surface area contributed by atoms with E-state index in [9.17, 15) is 18.3 Å². The van der Waals surface area contributed by atoms with Crippen LogP contribution < -0.4 is 0 Å². The number of benzene rings is 1. The molecular formula is C16H17F3O. The van der Waals surface area contributed by atoms with E-state index in [0.717, 1.165) is 18.9 Å². The number of fused-ring (bicyclic) bond motifs is 5. The standard InChI is InChI=1S/C16H17F3O/c17-13-5-4-11(14(18)15(13)19)16(20)7-8-6-12(16)10-3-1-2-9(8)10/h4-5,8-10,12,20H,1-3,6-7H2. The molecule has 2 bridgehead atoms. The Labute approximate surface area is 115 Å². The quantitative estimate of drug-likeness (QED) is 0.778. The second kappa shape index (κ2) is 4.00. The summed E-state index contributed by atoms with van der Waals surface area (Å²) in [7, 11) is 0. The Hall–Kier alpha value is -1.03. The van der Waals surface area contributed by atoms with Gasteiger partial charge in [-0.05, 0) is 55.4 Å². The first-order valence-electron chi connectivity index (χ1n) is 7.38. The summed E-state index contributed by atoms with van der Waals surface area (Å²) in [5.41, 5.74) is -1.36. The molecule has 0 spiro atoms. The van der Waals surface area contributed by atoms with Gasteiger partial charge in [0, 0.05) is 5.56 Å². The number of rotatable bonds is 1. The van der Waals surface area contributed by atoms with Crippen LogP contribution in [0.5, 0.6) is 0 Å². The minimum atomic E-state index is -1.47. The van der Waals surface area contributed by atoms with Crippen molar-refractivity contribution in [2.75, 3.05) is 0 Å². The average Bonchev–Trinajstić information content (AvgIpc) is 3.06. The fourth-order valence-corrected chi connectivity index (χ4v) is 5.28. The fourth-order valence-electron chi connectivity index (χ4n) is 5.28. The van der Waals surface area contributed by atoms with E-state index in [-0.39, 0.29) is 11.5 Å². The SMILES string of the molecule is OC1(c2ccc(F)c(F)c2F)CC2CC1C1CCCC21. The topological polar surface area (TPSA) is 20.2 Å². The molecule has 5 unspecified atom stereocenters. The van der Waals surface area contributed by atoms with Gasteiger partial charge in [0.25, 0.3) is 0 Å². The highest BCUT2D eigenvalue weighted by Crippen LogP contribution is 2.65. The Bertz CT molecular complexity index is 573. The van der Waals surface area contributed by atoms with E-state index in [1.807, 2.05) is 0 Å². The maximum Gasteiger partial charge on any atom is 0.194 e. The minimum absolute atomic E-state index is 0.000591. The van der Waals surface area contributed by atoms with Gasteiger partial charge in [-0.2, -0.15) is 0 Å².